The fraction of sp³-hybridized carbons (Fsp3) is 0.364. The third-order valence-electron chi connectivity index (χ3n) is 6.08. The van der Waals surface area contributed by atoms with E-state index in [0.29, 0.717) is 25.4 Å². The third-order valence-corrected chi connectivity index (χ3v) is 6.57. The van der Waals surface area contributed by atoms with Crippen molar-refractivity contribution < 1.29 is 14.3 Å². The molecular weight excluding hydrogens is 434 g/mol. The molecule has 29 heavy (non-hydrogen) atoms. The molecule has 3 aliphatic heterocycles. The molecule has 1 fully saturated rings. The number of carbonyl (C=O) groups is 1. The van der Waals surface area contributed by atoms with Crippen molar-refractivity contribution >= 4 is 27.8 Å². The van der Waals surface area contributed by atoms with Crippen LogP contribution in [-0.4, -0.2) is 42.6 Å². The summed E-state index contributed by atoms with van der Waals surface area (Å²) in [6.07, 6.45) is 2.15. The zero-order valence-electron chi connectivity index (χ0n) is 16.2. The molecule has 3 aliphatic rings. The molecule has 150 valence electrons. The number of fused-ring (bicyclic) bond motifs is 2. The van der Waals surface area contributed by atoms with Gasteiger partial charge in [0.15, 0.2) is 11.5 Å². The van der Waals surface area contributed by atoms with Gasteiger partial charge < -0.3 is 15.2 Å². The highest BCUT2D eigenvalue weighted by Crippen LogP contribution is 2.51. The minimum Gasteiger partial charge on any atom is -0.484 e. The lowest BCUT2D eigenvalue weighted by molar-refractivity contribution is -0.139. The van der Waals surface area contributed by atoms with E-state index in [2.05, 4.69) is 22.0 Å². The Morgan fingerprint density at radius 3 is 2.72 bits per heavy atom. The topological polar surface area (TPSA) is 77.2 Å². The number of benzene rings is 2. The number of hydrogen-bond donors (Lipinski definition) is 1. The molecule has 1 amide bonds. The van der Waals surface area contributed by atoms with Crippen LogP contribution >= 0.6 is 15.9 Å². The third kappa shape index (κ3) is 2.87. The maximum absolute atomic E-state index is 13.4. The molecule has 0 aromatic heterocycles. The Morgan fingerprint density at radius 1 is 1.21 bits per heavy atom. The van der Waals surface area contributed by atoms with Crippen molar-refractivity contribution in [3.63, 3.8) is 0 Å². The van der Waals surface area contributed by atoms with E-state index in [-0.39, 0.29) is 11.9 Å². The predicted molar refractivity (Wildman–Crippen MR) is 114 cm³/mol. The molecule has 2 aromatic carbocycles. The SMILES string of the molecule is CN1C(=O)C2(CC3(CCCOC3)Oc3ccc(-c4cccc(Br)c4)cc32)N=C1N. The smallest absolute Gasteiger partial charge is 0.261 e. The van der Waals surface area contributed by atoms with E-state index in [1.807, 2.05) is 36.4 Å². The Balaban J connectivity index is 1.69. The molecule has 5 rings (SSSR count). The average Bonchev–Trinajstić information content (AvgIpc) is 2.92. The summed E-state index contributed by atoms with van der Waals surface area (Å²) >= 11 is 3.53. The number of aliphatic imine (C=N–C) groups is 1. The second-order valence-corrected chi connectivity index (χ2v) is 8.95. The molecule has 0 radical (unpaired) electrons. The van der Waals surface area contributed by atoms with Crippen LogP contribution in [0.5, 0.6) is 5.75 Å². The van der Waals surface area contributed by atoms with Crippen LogP contribution in [0.15, 0.2) is 51.9 Å². The van der Waals surface area contributed by atoms with E-state index in [0.717, 1.165) is 34.0 Å². The van der Waals surface area contributed by atoms with E-state index in [1.165, 1.54) is 4.90 Å². The molecule has 0 bridgehead atoms. The van der Waals surface area contributed by atoms with Gasteiger partial charge in [0.1, 0.15) is 11.4 Å². The molecule has 2 atom stereocenters. The number of carbonyl (C=O) groups excluding carboxylic acids is 1. The van der Waals surface area contributed by atoms with E-state index >= 15 is 0 Å². The van der Waals surface area contributed by atoms with Crippen molar-refractivity contribution in [2.24, 2.45) is 10.7 Å². The largest absolute Gasteiger partial charge is 0.484 e. The molecule has 2 aromatic rings. The number of rotatable bonds is 1. The summed E-state index contributed by atoms with van der Waals surface area (Å²) in [5, 5.41) is 0. The maximum atomic E-state index is 13.4. The molecule has 6 nitrogen and oxygen atoms in total. The number of halogens is 1. The Labute approximate surface area is 177 Å². The fourth-order valence-electron chi connectivity index (χ4n) is 4.66. The van der Waals surface area contributed by atoms with Crippen LogP contribution in [-0.2, 0) is 15.1 Å². The summed E-state index contributed by atoms with van der Waals surface area (Å²) in [6, 6.07) is 14.0. The van der Waals surface area contributed by atoms with Gasteiger partial charge in [0.2, 0.25) is 0 Å². The van der Waals surface area contributed by atoms with Crippen molar-refractivity contribution in [2.45, 2.75) is 30.4 Å². The van der Waals surface area contributed by atoms with Crippen molar-refractivity contribution in [2.75, 3.05) is 20.3 Å². The molecular formula is C22H22BrN3O3. The summed E-state index contributed by atoms with van der Waals surface area (Å²) in [4.78, 5) is 19.6. The first-order valence-corrected chi connectivity index (χ1v) is 10.5. The highest BCUT2D eigenvalue weighted by molar-refractivity contribution is 9.10. The van der Waals surface area contributed by atoms with Gasteiger partial charge in [-0.2, -0.15) is 0 Å². The molecule has 7 heteroatoms. The molecule has 0 aliphatic carbocycles. The lowest BCUT2D eigenvalue weighted by atomic mass is 9.74. The van der Waals surface area contributed by atoms with E-state index in [4.69, 9.17) is 20.2 Å². The molecule has 2 N–H and O–H groups in total. The summed E-state index contributed by atoms with van der Waals surface area (Å²) in [7, 11) is 1.67. The second kappa shape index (κ2) is 6.57. The van der Waals surface area contributed by atoms with Gasteiger partial charge in [-0.15, -0.1) is 0 Å². The van der Waals surface area contributed by atoms with E-state index in [1.54, 1.807) is 7.05 Å². The average molecular weight is 456 g/mol. The summed E-state index contributed by atoms with van der Waals surface area (Å²) in [6.45, 7) is 1.17. The quantitative estimate of drug-likeness (QED) is 0.714. The first kappa shape index (κ1) is 18.6. The lowest BCUT2D eigenvalue weighted by Gasteiger charge is -2.46. The summed E-state index contributed by atoms with van der Waals surface area (Å²) in [5.41, 5.74) is 7.28. The van der Waals surface area contributed by atoms with Crippen molar-refractivity contribution in [1.29, 1.82) is 0 Å². The number of hydrogen-bond acceptors (Lipinski definition) is 5. The molecule has 2 spiro atoms. The summed E-state index contributed by atoms with van der Waals surface area (Å²) in [5.74, 6) is 0.805. The molecule has 2 unspecified atom stereocenters. The van der Waals surface area contributed by atoms with Crippen LogP contribution in [0.4, 0.5) is 0 Å². The normalized spacial score (nSPS) is 28.4. The maximum Gasteiger partial charge on any atom is 0.261 e. The van der Waals surface area contributed by atoms with Gasteiger partial charge in [-0.3, -0.25) is 9.69 Å². The van der Waals surface area contributed by atoms with Gasteiger partial charge in [0, 0.05) is 30.1 Å². The standard InChI is InChI=1S/C22H22BrN3O3/c1-26-19(27)22(25-20(26)24)12-21(8-3-9-28-13-21)29-18-7-6-15(11-17(18)22)14-4-2-5-16(23)10-14/h2,4-7,10-11H,3,8-9,12-13H2,1H3,(H2,24,25). The zero-order valence-corrected chi connectivity index (χ0v) is 17.7. The minimum atomic E-state index is -1.07. The number of guanidine groups is 1. The van der Waals surface area contributed by atoms with Crippen LogP contribution in [0.25, 0.3) is 11.1 Å². The van der Waals surface area contributed by atoms with Crippen molar-refractivity contribution in [3.05, 3.63) is 52.5 Å². The zero-order chi connectivity index (χ0) is 20.2. The van der Waals surface area contributed by atoms with E-state index in [9.17, 15) is 4.79 Å². The van der Waals surface area contributed by atoms with Gasteiger partial charge in [-0.05, 0) is 48.2 Å². The first-order chi connectivity index (χ1) is 13.9. The van der Waals surface area contributed by atoms with Crippen LogP contribution in [0, 0.1) is 0 Å². The first-order valence-electron chi connectivity index (χ1n) is 9.73. The highest BCUT2D eigenvalue weighted by atomic mass is 79.9. The van der Waals surface area contributed by atoms with Gasteiger partial charge >= 0.3 is 0 Å². The van der Waals surface area contributed by atoms with Crippen molar-refractivity contribution in [3.8, 4) is 16.9 Å². The van der Waals surface area contributed by atoms with Crippen LogP contribution in [0.3, 0.4) is 0 Å². The lowest BCUT2D eigenvalue weighted by Crippen LogP contribution is -2.55. The second-order valence-electron chi connectivity index (χ2n) is 8.03. The number of likely N-dealkylation sites (N-methyl/N-ethyl adjacent to an activating group) is 1. The Kier molecular flexibility index (Phi) is 4.22. The van der Waals surface area contributed by atoms with Crippen LogP contribution < -0.4 is 10.5 Å². The fourth-order valence-corrected chi connectivity index (χ4v) is 5.06. The monoisotopic (exact) mass is 455 g/mol. The Hall–Kier alpha value is -2.38. The van der Waals surface area contributed by atoms with Gasteiger partial charge in [0.05, 0.1) is 6.61 Å². The molecule has 3 heterocycles. The van der Waals surface area contributed by atoms with Gasteiger partial charge in [0.25, 0.3) is 5.91 Å². The minimum absolute atomic E-state index is 0.115. The van der Waals surface area contributed by atoms with Crippen LogP contribution in [0.1, 0.15) is 24.8 Å². The number of nitrogens with zero attached hydrogens (tertiary/aromatic N) is 2. The summed E-state index contributed by atoms with van der Waals surface area (Å²) < 4.78 is 13.2. The molecule has 1 saturated heterocycles. The van der Waals surface area contributed by atoms with Gasteiger partial charge in [-0.25, -0.2) is 4.99 Å². The van der Waals surface area contributed by atoms with Gasteiger partial charge in [-0.1, -0.05) is 34.1 Å². The predicted octanol–water partition coefficient (Wildman–Crippen LogP) is 3.43. The molecule has 0 saturated carbocycles. The van der Waals surface area contributed by atoms with E-state index < -0.39 is 11.1 Å². The Morgan fingerprint density at radius 2 is 2.03 bits per heavy atom. The highest BCUT2D eigenvalue weighted by Gasteiger charge is 2.58. The van der Waals surface area contributed by atoms with Crippen molar-refractivity contribution in [1.82, 2.24) is 4.90 Å². The Bertz CT molecular complexity index is 1030. The number of amides is 1. The van der Waals surface area contributed by atoms with Crippen LogP contribution in [0.2, 0.25) is 0 Å². The number of ether oxygens (including phenoxy) is 2. The number of nitrogens with two attached hydrogens (primary N) is 1.